The van der Waals surface area contributed by atoms with Crippen LogP contribution in [-0.2, 0) is 0 Å². The van der Waals surface area contributed by atoms with E-state index in [2.05, 4.69) is 60.4 Å². The van der Waals surface area contributed by atoms with Gasteiger partial charge in [0.05, 0.1) is 6.20 Å². The molecule has 2 aromatic rings. The van der Waals surface area contributed by atoms with E-state index in [0.29, 0.717) is 24.1 Å². The number of hydrogen-bond acceptors (Lipinski definition) is 5. The molecule has 2 aromatic heterocycles. The van der Waals surface area contributed by atoms with Crippen molar-refractivity contribution in [1.29, 1.82) is 0 Å². The van der Waals surface area contributed by atoms with Crippen LogP contribution >= 0.6 is 0 Å². The van der Waals surface area contributed by atoms with Crippen LogP contribution in [0.3, 0.4) is 0 Å². The summed E-state index contributed by atoms with van der Waals surface area (Å²) < 4.78 is 1.65. The monoisotopic (exact) mass is 480 g/mol. The minimum Gasteiger partial charge on any atom is -0.384 e. The highest BCUT2D eigenvalue weighted by Crippen LogP contribution is 2.32. The first-order valence-electron chi connectivity index (χ1n) is 13.1. The molecule has 194 valence electrons. The maximum Gasteiger partial charge on any atom is 0.164 e. The van der Waals surface area contributed by atoms with E-state index in [9.17, 15) is 0 Å². The molecule has 2 heterocycles. The van der Waals surface area contributed by atoms with Crippen LogP contribution in [0.1, 0.15) is 92.7 Å². The van der Waals surface area contributed by atoms with Gasteiger partial charge in [-0.3, -0.25) is 4.98 Å². The van der Waals surface area contributed by atoms with Gasteiger partial charge in [0.25, 0.3) is 0 Å². The van der Waals surface area contributed by atoms with Gasteiger partial charge < -0.3 is 11.5 Å². The number of hydrogen-bond donors (Lipinski definition) is 2. The second kappa shape index (κ2) is 19.3. The second-order valence-corrected chi connectivity index (χ2v) is 7.44. The number of pyridine rings is 1. The van der Waals surface area contributed by atoms with Crippen molar-refractivity contribution in [2.45, 2.75) is 87.0 Å². The first-order chi connectivity index (χ1) is 17.1. The third-order valence-electron chi connectivity index (χ3n) is 5.07. The van der Waals surface area contributed by atoms with E-state index in [4.69, 9.17) is 16.5 Å². The Kier molecular flexibility index (Phi) is 17.7. The first kappa shape index (κ1) is 32.0. The molecule has 1 atom stereocenters. The summed E-state index contributed by atoms with van der Waals surface area (Å²) in [4.78, 5) is 9.41. The summed E-state index contributed by atoms with van der Waals surface area (Å²) in [5.41, 5.74) is 15.8. The van der Waals surface area contributed by atoms with Crippen molar-refractivity contribution in [3.05, 3.63) is 60.1 Å². The zero-order valence-corrected chi connectivity index (χ0v) is 23.3. The number of nitrogens with zero attached hydrogens (tertiary/aromatic N) is 4. The fraction of sp³-hybridized carbons (Fsp3) is 0.483. The Morgan fingerprint density at radius 2 is 1.80 bits per heavy atom. The Labute approximate surface area is 213 Å². The lowest BCUT2D eigenvalue weighted by Gasteiger charge is -2.12. The molecule has 0 saturated carbocycles. The van der Waals surface area contributed by atoms with Crippen molar-refractivity contribution in [1.82, 2.24) is 14.8 Å². The van der Waals surface area contributed by atoms with Crippen LogP contribution in [0, 0.1) is 0 Å². The van der Waals surface area contributed by atoms with Crippen molar-refractivity contribution in [2.75, 3.05) is 6.54 Å². The van der Waals surface area contributed by atoms with Gasteiger partial charge in [0.15, 0.2) is 5.82 Å². The first-order valence-corrected chi connectivity index (χ1v) is 13.1. The molecule has 0 spiro atoms. The molecule has 0 aliphatic heterocycles. The van der Waals surface area contributed by atoms with Gasteiger partial charge >= 0.3 is 0 Å². The molecule has 6 nitrogen and oxygen atoms in total. The summed E-state index contributed by atoms with van der Waals surface area (Å²) in [5.74, 6) is 1.50. The number of rotatable bonds is 11. The van der Waals surface area contributed by atoms with E-state index >= 15 is 0 Å². The van der Waals surface area contributed by atoms with Gasteiger partial charge in [-0.05, 0) is 51.2 Å². The average molecular weight is 481 g/mol. The normalized spacial score (nSPS) is 12.8. The number of aliphatic imine (C=N–C) groups is 1. The maximum atomic E-state index is 6.28. The van der Waals surface area contributed by atoms with Crippen LogP contribution in [0.5, 0.6) is 0 Å². The van der Waals surface area contributed by atoms with E-state index in [1.807, 2.05) is 54.0 Å². The summed E-state index contributed by atoms with van der Waals surface area (Å²) in [7, 11) is 0. The Morgan fingerprint density at radius 1 is 1.09 bits per heavy atom. The minimum atomic E-state index is 0.302. The highest BCUT2D eigenvalue weighted by molar-refractivity contribution is 5.78. The van der Waals surface area contributed by atoms with Gasteiger partial charge in [-0.2, -0.15) is 9.78 Å². The summed E-state index contributed by atoms with van der Waals surface area (Å²) in [6.07, 6.45) is 18.2. The SMILES string of the molecule is C/C=C\CCC(/C=C\CC)c1ccc(-c2cnn(/C(N)=C(\C)CN)c2/N=C/CC)cn1.CC.CC. The lowest BCUT2D eigenvalue weighted by Crippen LogP contribution is -2.14. The second-order valence-electron chi connectivity index (χ2n) is 7.44. The zero-order chi connectivity index (χ0) is 26.6. The number of nitrogens with two attached hydrogens (primary N) is 2. The van der Waals surface area contributed by atoms with Crippen LogP contribution in [0.15, 0.2) is 59.4 Å². The van der Waals surface area contributed by atoms with Gasteiger partial charge in [0.2, 0.25) is 0 Å². The fourth-order valence-electron chi connectivity index (χ4n) is 3.18. The van der Waals surface area contributed by atoms with E-state index < -0.39 is 0 Å². The summed E-state index contributed by atoms with van der Waals surface area (Å²) in [5, 5.41) is 4.48. The maximum absolute atomic E-state index is 6.28. The molecular formula is C29H48N6. The van der Waals surface area contributed by atoms with Gasteiger partial charge in [-0.25, -0.2) is 4.99 Å². The molecule has 0 saturated heterocycles. The Bertz CT molecular complexity index is 933. The van der Waals surface area contributed by atoms with Crippen LogP contribution in [0.25, 0.3) is 16.9 Å². The molecule has 0 aliphatic carbocycles. The third kappa shape index (κ3) is 10.0. The summed E-state index contributed by atoms with van der Waals surface area (Å²) >= 11 is 0. The molecule has 0 bridgehead atoms. The largest absolute Gasteiger partial charge is 0.384 e. The predicted octanol–water partition coefficient (Wildman–Crippen LogP) is 7.62. The van der Waals surface area contributed by atoms with Crippen molar-refractivity contribution in [3.8, 4) is 11.1 Å². The topological polar surface area (TPSA) is 95.1 Å². The summed E-state index contributed by atoms with van der Waals surface area (Å²) in [6.45, 7) is 16.5. The third-order valence-corrected chi connectivity index (χ3v) is 5.07. The predicted molar refractivity (Wildman–Crippen MR) is 155 cm³/mol. The van der Waals surface area contributed by atoms with Crippen LogP contribution < -0.4 is 11.5 Å². The van der Waals surface area contributed by atoms with E-state index in [0.717, 1.165) is 48.1 Å². The lowest BCUT2D eigenvalue weighted by molar-refractivity contribution is 0.725. The Balaban J connectivity index is 0.00000274. The quantitative estimate of drug-likeness (QED) is 0.255. The van der Waals surface area contributed by atoms with Crippen molar-refractivity contribution < 1.29 is 0 Å². The zero-order valence-electron chi connectivity index (χ0n) is 23.3. The summed E-state index contributed by atoms with van der Waals surface area (Å²) in [6, 6.07) is 4.19. The van der Waals surface area contributed by atoms with Gasteiger partial charge in [-0.15, -0.1) is 0 Å². The average Bonchev–Trinajstić information content (AvgIpc) is 3.34. The van der Waals surface area contributed by atoms with E-state index in [1.165, 1.54) is 0 Å². The molecule has 0 fully saturated rings. The molecule has 2 rings (SSSR count). The van der Waals surface area contributed by atoms with Gasteiger partial charge in [0, 0.05) is 41.7 Å². The molecule has 0 radical (unpaired) electrons. The smallest absolute Gasteiger partial charge is 0.164 e. The highest BCUT2D eigenvalue weighted by Gasteiger charge is 2.16. The number of aromatic nitrogens is 3. The minimum absolute atomic E-state index is 0.302. The van der Waals surface area contributed by atoms with E-state index in [1.54, 1.807) is 10.9 Å². The standard InChI is InChI=1S/C25H36N6.2C2H6/c1-5-8-10-12-20(11-9-6-2)23-14-13-21(17-29-23)22-18-30-31(24(27)19(4)16-26)25(22)28-15-7-3;2*1-2/h5,8-9,11,13-15,17-18,20H,6-7,10,12,16,26-27H2,1-4H3;2*1-2H3/b8-5-,11-9-,24-19+,28-15+;;. The molecule has 0 aliphatic rings. The van der Waals surface area contributed by atoms with Crippen LogP contribution in [0.4, 0.5) is 5.82 Å². The van der Waals surface area contributed by atoms with Crippen LogP contribution in [-0.4, -0.2) is 27.5 Å². The lowest BCUT2D eigenvalue weighted by atomic mass is 9.97. The van der Waals surface area contributed by atoms with Crippen molar-refractivity contribution >= 4 is 17.9 Å². The van der Waals surface area contributed by atoms with Gasteiger partial charge in [-0.1, -0.05) is 71.9 Å². The van der Waals surface area contributed by atoms with Crippen molar-refractivity contribution in [2.24, 2.45) is 16.5 Å². The fourth-order valence-corrected chi connectivity index (χ4v) is 3.18. The molecule has 4 N–H and O–H groups in total. The van der Waals surface area contributed by atoms with Crippen molar-refractivity contribution in [3.63, 3.8) is 0 Å². The van der Waals surface area contributed by atoms with E-state index in [-0.39, 0.29) is 0 Å². The molecule has 0 aromatic carbocycles. The molecule has 35 heavy (non-hydrogen) atoms. The Hall–Kier alpha value is -2.99. The molecule has 0 amide bonds. The van der Waals surface area contributed by atoms with Crippen LogP contribution in [0.2, 0.25) is 0 Å². The Morgan fingerprint density at radius 3 is 2.34 bits per heavy atom. The van der Waals surface area contributed by atoms with Gasteiger partial charge in [0.1, 0.15) is 5.82 Å². The highest BCUT2D eigenvalue weighted by atomic mass is 15.4. The number of allylic oxidation sites excluding steroid dienone is 4. The molecular weight excluding hydrogens is 432 g/mol. The molecule has 1 unspecified atom stereocenters. The molecule has 6 heteroatoms.